The second-order valence-electron chi connectivity index (χ2n) is 5.82. The maximum Gasteiger partial charge on any atom is 0.321 e. The number of anilines is 2. The molecule has 4 nitrogen and oxygen atoms in total. The van der Waals surface area contributed by atoms with Crippen LogP contribution in [0.25, 0.3) is 0 Å². The molecule has 1 aromatic rings. The van der Waals surface area contributed by atoms with Crippen LogP contribution in [0.5, 0.6) is 0 Å². The Hall–Kier alpha value is -1.71. The molecular weight excluding hydrogens is 262 g/mol. The van der Waals surface area contributed by atoms with E-state index in [1.165, 1.54) is 5.69 Å². The van der Waals surface area contributed by atoms with Crippen LogP contribution in [-0.4, -0.2) is 37.1 Å². The Bertz CT molecular complexity index is 446. The van der Waals surface area contributed by atoms with Gasteiger partial charge in [-0.25, -0.2) is 4.79 Å². The van der Waals surface area contributed by atoms with Crippen molar-refractivity contribution in [1.29, 1.82) is 0 Å². The Morgan fingerprint density at radius 2 is 1.76 bits per heavy atom. The van der Waals surface area contributed by atoms with Crippen LogP contribution < -0.4 is 10.2 Å². The van der Waals surface area contributed by atoms with Gasteiger partial charge in [-0.2, -0.15) is 0 Å². The van der Waals surface area contributed by atoms with E-state index in [2.05, 4.69) is 43.1 Å². The molecule has 0 aromatic heterocycles. The van der Waals surface area contributed by atoms with Gasteiger partial charge in [-0.3, -0.25) is 0 Å². The number of hydrogen-bond acceptors (Lipinski definition) is 2. The van der Waals surface area contributed by atoms with E-state index in [0.29, 0.717) is 0 Å². The number of likely N-dealkylation sites (tertiary alicyclic amines) is 1. The molecule has 1 aromatic carbocycles. The molecule has 1 aliphatic heterocycles. The van der Waals surface area contributed by atoms with E-state index in [0.717, 1.165) is 50.6 Å². The van der Waals surface area contributed by atoms with Gasteiger partial charge in [0.1, 0.15) is 0 Å². The van der Waals surface area contributed by atoms with Gasteiger partial charge in [-0.15, -0.1) is 0 Å². The van der Waals surface area contributed by atoms with Crippen molar-refractivity contribution in [2.75, 3.05) is 36.4 Å². The molecular formula is C17H27N3O. The minimum Gasteiger partial charge on any atom is -0.372 e. The quantitative estimate of drug-likeness (QED) is 0.915. The highest BCUT2D eigenvalue weighted by Crippen LogP contribution is 2.20. The number of carbonyl (C=O) groups is 1. The maximum absolute atomic E-state index is 12.2. The van der Waals surface area contributed by atoms with Crippen LogP contribution in [0.15, 0.2) is 24.3 Å². The Kier molecular flexibility index (Phi) is 5.48. The first-order valence-corrected chi connectivity index (χ1v) is 8.05. The van der Waals surface area contributed by atoms with Crippen LogP contribution in [0.1, 0.15) is 33.6 Å². The van der Waals surface area contributed by atoms with Gasteiger partial charge in [0, 0.05) is 37.6 Å². The molecule has 0 radical (unpaired) electrons. The summed E-state index contributed by atoms with van der Waals surface area (Å²) in [6.45, 7) is 10.3. The van der Waals surface area contributed by atoms with E-state index in [9.17, 15) is 4.79 Å². The number of carbonyl (C=O) groups excluding carboxylic acids is 1. The molecule has 1 aliphatic rings. The Labute approximate surface area is 128 Å². The first-order valence-electron chi connectivity index (χ1n) is 8.05. The SMILES string of the molecule is CCN(CC)c1ccc(NC(=O)N2CCC(C)CC2)cc1. The molecule has 21 heavy (non-hydrogen) atoms. The molecule has 2 amide bonds. The van der Waals surface area contributed by atoms with Gasteiger partial charge in [0.2, 0.25) is 0 Å². The summed E-state index contributed by atoms with van der Waals surface area (Å²) in [5.41, 5.74) is 2.07. The Balaban J connectivity index is 1.92. The average molecular weight is 289 g/mol. The van der Waals surface area contributed by atoms with Crippen molar-refractivity contribution < 1.29 is 4.79 Å². The fourth-order valence-corrected chi connectivity index (χ4v) is 2.76. The van der Waals surface area contributed by atoms with Gasteiger partial charge >= 0.3 is 6.03 Å². The Morgan fingerprint density at radius 1 is 1.19 bits per heavy atom. The zero-order valence-electron chi connectivity index (χ0n) is 13.4. The summed E-state index contributed by atoms with van der Waals surface area (Å²) >= 11 is 0. The number of amides is 2. The second kappa shape index (κ2) is 7.34. The first kappa shape index (κ1) is 15.7. The van der Waals surface area contributed by atoms with Gasteiger partial charge in [-0.05, 0) is 56.9 Å². The number of piperidine rings is 1. The molecule has 0 unspecified atom stereocenters. The third-order valence-electron chi connectivity index (χ3n) is 4.32. The van der Waals surface area contributed by atoms with Gasteiger partial charge in [0.25, 0.3) is 0 Å². The third-order valence-corrected chi connectivity index (χ3v) is 4.32. The molecule has 0 saturated carbocycles. The highest BCUT2D eigenvalue weighted by atomic mass is 16.2. The first-order chi connectivity index (χ1) is 10.1. The van der Waals surface area contributed by atoms with E-state index in [1.807, 2.05) is 17.0 Å². The summed E-state index contributed by atoms with van der Waals surface area (Å²) < 4.78 is 0. The lowest BCUT2D eigenvalue weighted by atomic mass is 10.00. The predicted octanol–water partition coefficient (Wildman–Crippen LogP) is 3.80. The summed E-state index contributed by atoms with van der Waals surface area (Å²) in [6, 6.07) is 8.13. The molecule has 0 bridgehead atoms. The van der Waals surface area contributed by atoms with Crippen LogP contribution in [-0.2, 0) is 0 Å². The summed E-state index contributed by atoms with van der Waals surface area (Å²) in [7, 11) is 0. The van der Waals surface area contributed by atoms with Crippen LogP contribution in [0.3, 0.4) is 0 Å². The number of nitrogens with zero attached hydrogens (tertiary/aromatic N) is 2. The standard InChI is InChI=1S/C17H27N3O/c1-4-19(5-2)16-8-6-15(7-9-16)18-17(21)20-12-10-14(3)11-13-20/h6-9,14H,4-5,10-13H2,1-3H3,(H,18,21). The lowest BCUT2D eigenvalue weighted by Gasteiger charge is -2.30. The number of benzene rings is 1. The number of rotatable bonds is 4. The van der Waals surface area contributed by atoms with Gasteiger partial charge in [-0.1, -0.05) is 6.92 Å². The third kappa shape index (κ3) is 4.13. The minimum absolute atomic E-state index is 0.0255. The highest BCUT2D eigenvalue weighted by molar-refractivity contribution is 5.89. The predicted molar refractivity (Wildman–Crippen MR) is 89.0 cm³/mol. The summed E-state index contributed by atoms with van der Waals surface area (Å²) in [4.78, 5) is 16.4. The van der Waals surface area contributed by atoms with Crippen LogP contribution in [0, 0.1) is 5.92 Å². The molecule has 0 aliphatic carbocycles. The van der Waals surface area contributed by atoms with Crippen molar-refractivity contribution in [2.45, 2.75) is 33.6 Å². The van der Waals surface area contributed by atoms with Crippen LogP contribution >= 0.6 is 0 Å². The van der Waals surface area contributed by atoms with Gasteiger partial charge in [0.15, 0.2) is 0 Å². The largest absolute Gasteiger partial charge is 0.372 e. The van der Waals surface area contributed by atoms with Crippen molar-refractivity contribution in [1.82, 2.24) is 4.90 Å². The van der Waals surface area contributed by atoms with Crippen LogP contribution in [0.2, 0.25) is 0 Å². The average Bonchev–Trinajstić information content (AvgIpc) is 2.51. The molecule has 0 spiro atoms. The molecule has 1 fully saturated rings. The van der Waals surface area contributed by atoms with E-state index in [1.54, 1.807) is 0 Å². The summed E-state index contributed by atoms with van der Waals surface area (Å²) in [5.74, 6) is 0.738. The Morgan fingerprint density at radius 3 is 2.29 bits per heavy atom. The minimum atomic E-state index is 0.0255. The molecule has 116 valence electrons. The molecule has 2 rings (SSSR count). The zero-order valence-corrected chi connectivity index (χ0v) is 13.4. The van der Waals surface area contributed by atoms with Gasteiger partial charge in [0.05, 0.1) is 0 Å². The van der Waals surface area contributed by atoms with Crippen molar-refractivity contribution in [3.63, 3.8) is 0 Å². The van der Waals surface area contributed by atoms with Crippen molar-refractivity contribution >= 4 is 17.4 Å². The van der Waals surface area contributed by atoms with E-state index in [-0.39, 0.29) is 6.03 Å². The molecule has 4 heteroatoms. The molecule has 0 atom stereocenters. The fraction of sp³-hybridized carbons (Fsp3) is 0.588. The number of urea groups is 1. The van der Waals surface area contributed by atoms with Crippen molar-refractivity contribution in [2.24, 2.45) is 5.92 Å². The number of hydrogen-bond donors (Lipinski definition) is 1. The van der Waals surface area contributed by atoms with E-state index >= 15 is 0 Å². The molecule has 1 saturated heterocycles. The van der Waals surface area contributed by atoms with Gasteiger partial charge < -0.3 is 15.1 Å². The summed E-state index contributed by atoms with van der Waals surface area (Å²) in [5, 5.41) is 3.00. The maximum atomic E-state index is 12.2. The van der Waals surface area contributed by atoms with Crippen molar-refractivity contribution in [3.8, 4) is 0 Å². The zero-order chi connectivity index (χ0) is 15.2. The van der Waals surface area contributed by atoms with Crippen LogP contribution in [0.4, 0.5) is 16.2 Å². The normalized spacial score (nSPS) is 15.9. The van der Waals surface area contributed by atoms with E-state index in [4.69, 9.17) is 0 Å². The lowest BCUT2D eigenvalue weighted by molar-refractivity contribution is 0.186. The fourth-order valence-electron chi connectivity index (χ4n) is 2.76. The monoisotopic (exact) mass is 289 g/mol. The second-order valence-corrected chi connectivity index (χ2v) is 5.82. The van der Waals surface area contributed by atoms with E-state index < -0.39 is 0 Å². The lowest BCUT2D eigenvalue weighted by Crippen LogP contribution is -2.40. The highest BCUT2D eigenvalue weighted by Gasteiger charge is 2.20. The molecule has 1 heterocycles. The molecule has 1 N–H and O–H groups in total. The summed E-state index contributed by atoms with van der Waals surface area (Å²) in [6.07, 6.45) is 2.21. The number of nitrogens with one attached hydrogen (secondary N) is 1. The topological polar surface area (TPSA) is 35.6 Å². The smallest absolute Gasteiger partial charge is 0.321 e. The van der Waals surface area contributed by atoms with Crippen molar-refractivity contribution in [3.05, 3.63) is 24.3 Å².